The summed E-state index contributed by atoms with van der Waals surface area (Å²) >= 11 is 0. The van der Waals surface area contributed by atoms with E-state index in [0.29, 0.717) is 19.3 Å². The second-order valence-electron chi connectivity index (χ2n) is 18.1. The topological polar surface area (TPSA) is 78.9 Å². The maximum atomic E-state index is 12.7. The smallest absolute Gasteiger partial charge is 0.306 e. The highest BCUT2D eigenvalue weighted by atomic mass is 16.6. The maximum Gasteiger partial charge on any atom is 0.306 e. The van der Waals surface area contributed by atoms with Gasteiger partial charge in [0.15, 0.2) is 6.10 Å². The van der Waals surface area contributed by atoms with Crippen LogP contribution in [0.3, 0.4) is 0 Å². The Labute approximate surface area is 424 Å². The van der Waals surface area contributed by atoms with Crippen LogP contribution in [0.2, 0.25) is 0 Å². The molecule has 6 heteroatoms. The summed E-state index contributed by atoms with van der Waals surface area (Å²) < 4.78 is 16.7. The average molecular weight is 956 g/mol. The lowest BCUT2D eigenvalue weighted by Gasteiger charge is -2.18. The van der Waals surface area contributed by atoms with E-state index in [1.54, 1.807) is 0 Å². The zero-order valence-electron chi connectivity index (χ0n) is 44.5. The minimum Gasteiger partial charge on any atom is -0.462 e. The molecule has 0 amide bonds. The molecular formula is C63H102O6. The van der Waals surface area contributed by atoms with E-state index in [1.165, 1.54) is 77.0 Å². The van der Waals surface area contributed by atoms with Gasteiger partial charge in [-0.05, 0) is 96.3 Å². The molecule has 0 rings (SSSR count). The Bertz CT molecular complexity index is 1470. The summed E-state index contributed by atoms with van der Waals surface area (Å²) in [5, 5.41) is 0. The first-order valence-electron chi connectivity index (χ1n) is 28.0. The molecule has 0 spiro atoms. The Balaban J connectivity index is 4.21. The highest BCUT2D eigenvalue weighted by molar-refractivity contribution is 5.71. The average Bonchev–Trinajstić information content (AvgIpc) is 3.35. The van der Waals surface area contributed by atoms with Crippen molar-refractivity contribution in [2.45, 2.75) is 245 Å². The molecule has 390 valence electrons. The third-order valence-electron chi connectivity index (χ3n) is 11.5. The highest BCUT2D eigenvalue weighted by Gasteiger charge is 2.19. The van der Waals surface area contributed by atoms with Crippen molar-refractivity contribution in [1.82, 2.24) is 0 Å². The predicted molar refractivity (Wildman–Crippen MR) is 297 cm³/mol. The third-order valence-corrected chi connectivity index (χ3v) is 11.5. The fraction of sp³-hybridized carbons (Fsp3) is 0.635. The standard InChI is InChI=1S/C63H102O6/c1-4-7-10-13-16-18-20-21-22-23-24-25-26-27-28-29-30-31-32-33-34-35-36-37-38-39-40-41-43-44-47-50-53-56-62(65)68-59-60(58-67-61(64)55-52-49-46-15-12-9-6-3)69-63(66)57-54-51-48-45-42-19-17-14-11-8-5-2/h7,10,16,18,21-22,24-25,27-28,30-31,33-34,36-37,39-40,43-44,60H,4-6,8-9,11-15,17,19-20,23,26,29,32,35,38,41-42,45-59H2,1-3H3/b10-7-,18-16-,22-21-,25-24-,28-27-,31-30-,34-33-,37-36-,40-39-,44-43-. The van der Waals surface area contributed by atoms with Gasteiger partial charge in [0.25, 0.3) is 0 Å². The van der Waals surface area contributed by atoms with Gasteiger partial charge >= 0.3 is 17.9 Å². The van der Waals surface area contributed by atoms with Crippen molar-refractivity contribution in [3.63, 3.8) is 0 Å². The van der Waals surface area contributed by atoms with Gasteiger partial charge < -0.3 is 14.2 Å². The molecule has 0 aromatic heterocycles. The number of allylic oxidation sites excluding steroid dienone is 20. The Hall–Kier alpha value is -4.19. The van der Waals surface area contributed by atoms with Crippen LogP contribution in [-0.2, 0) is 28.6 Å². The zero-order valence-corrected chi connectivity index (χ0v) is 44.5. The van der Waals surface area contributed by atoms with Crippen LogP contribution < -0.4 is 0 Å². The number of ether oxygens (including phenoxy) is 3. The molecule has 0 aromatic rings. The molecule has 0 aliphatic heterocycles. The minimum absolute atomic E-state index is 0.0915. The molecule has 69 heavy (non-hydrogen) atoms. The van der Waals surface area contributed by atoms with E-state index in [2.05, 4.69) is 142 Å². The van der Waals surface area contributed by atoms with E-state index in [9.17, 15) is 14.4 Å². The number of esters is 3. The SMILES string of the molecule is CC/C=C\C/C=C\C/C=C\C/C=C\C/C=C\C/C=C\C/C=C\C/C=C\C/C=C\C/C=C\CCCCC(=O)OCC(COC(=O)CCCCCCCCC)OC(=O)CCCCCCCCCCCCC. The molecule has 6 nitrogen and oxygen atoms in total. The van der Waals surface area contributed by atoms with Crippen LogP contribution in [0, 0.1) is 0 Å². The lowest BCUT2D eigenvalue weighted by atomic mass is 10.1. The van der Waals surface area contributed by atoms with Gasteiger partial charge in [0.1, 0.15) is 13.2 Å². The van der Waals surface area contributed by atoms with Crippen molar-refractivity contribution in [2.75, 3.05) is 13.2 Å². The van der Waals surface area contributed by atoms with Crippen molar-refractivity contribution in [3.05, 3.63) is 122 Å². The molecule has 0 bridgehead atoms. The molecule has 0 saturated carbocycles. The zero-order chi connectivity index (χ0) is 50.0. The van der Waals surface area contributed by atoms with E-state index in [1.807, 2.05) is 0 Å². The fourth-order valence-electron chi connectivity index (χ4n) is 7.29. The van der Waals surface area contributed by atoms with E-state index in [-0.39, 0.29) is 31.1 Å². The normalized spacial score (nSPS) is 13.0. The molecule has 0 saturated heterocycles. The molecule has 0 radical (unpaired) electrons. The third kappa shape index (κ3) is 54.6. The summed E-state index contributed by atoms with van der Waals surface area (Å²) in [4.78, 5) is 37.8. The largest absolute Gasteiger partial charge is 0.462 e. The van der Waals surface area contributed by atoms with Gasteiger partial charge in [-0.2, -0.15) is 0 Å². The molecular weight excluding hydrogens is 853 g/mol. The molecule has 0 fully saturated rings. The van der Waals surface area contributed by atoms with Gasteiger partial charge in [0, 0.05) is 19.3 Å². The monoisotopic (exact) mass is 955 g/mol. The number of carbonyl (C=O) groups excluding carboxylic acids is 3. The summed E-state index contributed by atoms with van der Waals surface area (Å²) in [5.74, 6) is -0.949. The van der Waals surface area contributed by atoms with E-state index < -0.39 is 6.10 Å². The number of carbonyl (C=O) groups is 3. The van der Waals surface area contributed by atoms with Gasteiger partial charge in [-0.25, -0.2) is 0 Å². The fourth-order valence-corrected chi connectivity index (χ4v) is 7.29. The van der Waals surface area contributed by atoms with E-state index >= 15 is 0 Å². The molecule has 1 unspecified atom stereocenters. The summed E-state index contributed by atoms with van der Waals surface area (Å²) in [6.45, 7) is 6.42. The summed E-state index contributed by atoms with van der Waals surface area (Å²) in [6.07, 6.45) is 77.9. The van der Waals surface area contributed by atoms with Crippen LogP contribution >= 0.6 is 0 Å². The van der Waals surface area contributed by atoms with Crippen molar-refractivity contribution in [1.29, 1.82) is 0 Å². The van der Waals surface area contributed by atoms with Gasteiger partial charge in [-0.15, -0.1) is 0 Å². The van der Waals surface area contributed by atoms with Crippen LogP contribution in [0.15, 0.2) is 122 Å². The Kier molecular flexibility index (Phi) is 53.0. The van der Waals surface area contributed by atoms with Crippen molar-refractivity contribution < 1.29 is 28.6 Å². The Morgan fingerprint density at radius 1 is 0.304 bits per heavy atom. The summed E-state index contributed by atoms with van der Waals surface area (Å²) in [6, 6.07) is 0. The van der Waals surface area contributed by atoms with E-state index in [4.69, 9.17) is 14.2 Å². The van der Waals surface area contributed by atoms with E-state index in [0.717, 1.165) is 122 Å². The molecule has 0 aliphatic carbocycles. The molecule has 0 heterocycles. The van der Waals surface area contributed by atoms with Crippen LogP contribution in [0.25, 0.3) is 0 Å². The predicted octanol–water partition coefficient (Wildman–Crippen LogP) is 18.9. The number of hydrogen-bond acceptors (Lipinski definition) is 6. The second-order valence-corrected chi connectivity index (χ2v) is 18.1. The van der Waals surface area contributed by atoms with Crippen LogP contribution in [0.4, 0.5) is 0 Å². The van der Waals surface area contributed by atoms with Gasteiger partial charge in [0.05, 0.1) is 0 Å². The maximum absolute atomic E-state index is 12.7. The Morgan fingerprint density at radius 3 is 0.884 bits per heavy atom. The lowest BCUT2D eigenvalue weighted by Crippen LogP contribution is -2.30. The first-order valence-corrected chi connectivity index (χ1v) is 28.0. The first kappa shape index (κ1) is 64.8. The number of unbranched alkanes of at least 4 members (excludes halogenated alkanes) is 18. The Morgan fingerprint density at radius 2 is 0.565 bits per heavy atom. The molecule has 0 aromatic carbocycles. The van der Waals surface area contributed by atoms with Gasteiger partial charge in [0.2, 0.25) is 0 Å². The van der Waals surface area contributed by atoms with Crippen LogP contribution in [-0.4, -0.2) is 37.2 Å². The van der Waals surface area contributed by atoms with Crippen LogP contribution in [0.1, 0.15) is 239 Å². The quantitative estimate of drug-likeness (QED) is 0.0262. The van der Waals surface area contributed by atoms with Crippen LogP contribution in [0.5, 0.6) is 0 Å². The molecule has 0 N–H and O–H groups in total. The van der Waals surface area contributed by atoms with Gasteiger partial charge in [-0.3, -0.25) is 14.4 Å². The van der Waals surface area contributed by atoms with Crippen molar-refractivity contribution in [3.8, 4) is 0 Å². The number of hydrogen-bond donors (Lipinski definition) is 0. The first-order chi connectivity index (χ1) is 34.0. The second kappa shape index (κ2) is 56.4. The highest BCUT2D eigenvalue weighted by Crippen LogP contribution is 2.14. The van der Waals surface area contributed by atoms with Gasteiger partial charge in [-0.1, -0.05) is 245 Å². The van der Waals surface area contributed by atoms with Crippen molar-refractivity contribution >= 4 is 17.9 Å². The minimum atomic E-state index is -0.792. The van der Waals surface area contributed by atoms with Crippen molar-refractivity contribution in [2.24, 2.45) is 0 Å². The number of rotatable bonds is 49. The molecule has 0 aliphatic rings. The molecule has 1 atom stereocenters. The lowest BCUT2D eigenvalue weighted by molar-refractivity contribution is -0.167. The summed E-state index contributed by atoms with van der Waals surface area (Å²) in [5.41, 5.74) is 0. The summed E-state index contributed by atoms with van der Waals surface area (Å²) in [7, 11) is 0.